The fourth-order valence-electron chi connectivity index (χ4n) is 2.02. The lowest BCUT2D eigenvalue weighted by atomic mass is 10.1. The lowest BCUT2D eigenvalue weighted by molar-refractivity contribution is -0.136. The van der Waals surface area contributed by atoms with E-state index in [-0.39, 0.29) is 17.9 Å². The van der Waals surface area contributed by atoms with Crippen molar-refractivity contribution in [3.8, 4) is 11.8 Å². The molecule has 27 heavy (non-hydrogen) atoms. The molecule has 0 fully saturated rings. The average Bonchev–Trinajstić information content (AvgIpc) is 2.65. The summed E-state index contributed by atoms with van der Waals surface area (Å²) in [5.74, 6) is -0.309. The van der Waals surface area contributed by atoms with Crippen molar-refractivity contribution in [1.29, 1.82) is 5.26 Å². The number of nitrogens with one attached hydrogen (secondary N) is 1. The number of anilines is 1. The molecule has 0 radical (unpaired) electrons. The van der Waals surface area contributed by atoms with E-state index in [9.17, 15) is 18.0 Å². The number of ether oxygens (including phenoxy) is 1. The maximum absolute atomic E-state index is 13.0. The Kier molecular flexibility index (Phi) is 5.84. The smallest absolute Gasteiger partial charge is 0.407 e. The third kappa shape index (κ3) is 5.10. The average molecular weight is 371 g/mol. The zero-order valence-electron chi connectivity index (χ0n) is 13.8. The summed E-state index contributed by atoms with van der Waals surface area (Å²) in [6.07, 6.45) is -4.71. The first-order valence-corrected chi connectivity index (χ1v) is 7.45. The Hall–Kier alpha value is -3.78. The van der Waals surface area contributed by atoms with Gasteiger partial charge in [0.2, 0.25) is 0 Å². The summed E-state index contributed by atoms with van der Waals surface area (Å²) in [5, 5.41) is 11.0. The summed E-state index contributed by atoms with van der Waals surface area (Å²) in [4.78, 5) is 14.9. The van der Waals surface area contributed by atoms with Gasteiger partial charge in [-0.1, -0.05) is 12.6 Å². The van der Waals surface area contributed by atoms with E-state index in [1.165, 1.54) is 18.2 Å². The number of nitriles is 1. The number of benzene rings is 2. The largest absolute Gasteiger partial charge is 0.489 e. The Bertz CT molecular complexity index is 952. The highest BCUT2D eigenvalue weighted by atomic mass is 19.4. The van der Waals surface area contributed by atoms with Crippen LogP contribution >= 0.6 is 0 Å². The maximum atomic E-state index is 13.0. The second kappa shape index (κ2) is 8.07. The number of carbonyl (C=O) groups is 1. The number of halogens is 3. The Morgan fingerprint density at radius 2 is 1.93 bits per heavy atom. The highest BCUT2D eigenvalue weighted by Crippen LogP contribution is 2.38. The van der Waals surface area contributed by atoms with E-state index in [1.54, 1.807) is 12.1 Å². The number of rotatable bonds is 5. The van der Waals surface area contributed by atoms with Crippen LogP contribution in [0.15, 0.2) is 54.6 Å². The molecule has 136 valence electrons. The minimum Gasteiger partial charge on any atom is -0.489 e. The van der Waals surface area contributed by atoms with Gasteiger partial charge >= 0.3 is 6.18 Å². The van der Waals surface area contributed by atoms with E-state index in [0.717, 1.165) is 6.07 Å². The zero-order valence-corrected chi connectivity index (χ0v) is 13.8. The van der Waals surface area contributed by atoms with Crippen LogP contribution in [-0.2, 0) is 11.0 Å². The van der Waals surface area contributed by atoms with E-state index in [0.29, 0.717) is 17.4 Å². The maximum Gasteiger partial charge on any atom is 0.407 e. The van der Waals surface area contributed by atoms with Gasteiger partial charge in [0.05, 0.1) is 23.8 Å². The summed E-state index contributed by atoms with van der Waals surface area (Å²) in [5.41, 5.74) is -1.36. The molecule has 0 spiro atoms. The topological polar surface area (TPSA) is 66.5 Å². The molecule has 1 N–H and O–H groups in total. The molecule has 1 amide bonds. The van der Waals surface area contributed by atoms with Crippen LogP contribution in [0.2, 0.25) is 0 Å². The lowest BCUT2D eigenvalue weighted by Crippen LogP contribution is -2.18. The van der Waals surface area contributed by atoms with Gasteiger partial charge in [-0.2, -0.15) is 18.4 Å². The van der Waals surface area contributed by atoms with Crippen molar-refractivity contribution in [2.45, 2.75) is 6.18 Å². The molecule has 0 atom stereocenters. The van der Waals surface area contributed by atoms with E-state index < -0.39 is 23.3 Å². The first-order chi connectivity index (χ1) is 12.7. The fourth-order valence-corrected chi connectivity index (χ4v) is 2.02. The van der Waals surface area contributed by atoms with Crippen LogP contribution in [0.3, 0.4) is 0 Å². The van der Waals surface area contributed by atoms with Crippen molar-refractivity contribution in [1.82, 2.24) is 0 Å². The highest BCUT2D eigenvalue weighted by Gasteiger charge is 2.33. The van der Waals surface area contributed by atoms with Gasteiger partial charge in [-0.3, -0.25) is 4.79 Å². The summed E-state index contributed by atoms with van der Waals surface area (Å²) >= 11 is 0. The van der Waals surface area contributed by atoms with E-state index in [1.807, 2.05) is 6.07 Å². The molecule has 5 nitrogen and oxygen atoms in total. The van der Waals surface area contributed by atoms with Crippen LogP contribution < -0.4 is 10.1 Å². The fraction of sp³-hybridized carbons (Fsp3) is 0.105. The van der Waals surface area contributed by atoms with Gasteiger partial charge < -0.3 is 10.1 Å². The van der Waals surface area contributed by atoms with Gasteiger partial charge in [0, 0.05) is 11.3 Å². The van der Waals surface area contributed by atoms with E-state index in [2.05, 4.69) is 16.7 Å². The van der Waals surface area contributed by atoms with Crippen LogP contribution in [0.25, 0.3) is 4.85 Å². The highest BCUT2D eigenvalue weighted by molar-refractivity contribution is 6.03. The molecule has 2 rings (SSSR count). The van der Waals surface area contributed by atoms with E-state index >= 15 is 0 Å². The Morgan fingerprint density at radius 3 is 2.48 bits per heavy atom. The number of nitrogens with zero attached hydrogens (tertiary/aromatic N) is 2. The van der Waals surface area contributed by atoms with Crippen molar-refractivity contribution in [3.05, 3.63) is 77.2 Å². The molecule has 0 aromatic heterocycles. The molecule has 0 bridgehead atoms. The number of hydrogen-bond donors (Lipinski definition) is 1. The van der Waals surface area contributed by atoms with Gasteiger partial charge in [0.25, 0.3) is 5.91 Å². The van der Waals surface area contributed by atoms with E-state index in [4.69, 9.17) is 16.6 Å². The minimum absolute atomic E-state index is 0.0119. The molecular weight excluding hydrogens is 359 g/mol. The van der Waals surface area contributed by atoms with Gasteiger partial charge in [-0.05, 0) is 36.4 Å². The Labute approximate surface area is 153 Å². The van der Waals surface area contributed by atoms with Crippen LogP contribution in [0.1, 0.15) is 11.1 Å². The number of hydrogen-bond acceptors (Lipinski definition) is 3. The van der Waals surface area contributed by atoms with Crippen LogP contribution in [0.5, 0.6) is 5.75 Å². The number of alkyl halides is 3. The Morgan fingerprint density at radius 1 is 1.26 bits per heavy atom. The zero-order chi connectivity index (χ0) is 20.0. The lowest BCUT2D eigenvalue weighted by Gasteiger charge is -2.13. The number of amides is 1. The first kappa shape index (κ1) is 19.5. The predicted octanol–water partition coefficient (Wildman–Crippen LogP) is 4.70. The first-order valence-electron chi connectivity index (χ1n) is 7.45. The second-order valence-corrected chi connectivity index (χ2v) is 5.32. The van der Waals surface area contributed by atoms with Gasteiger partial charge in [-0.25, -0.2) is 4.85 Å². The van der Waals surface area contributed by atoms with Crippen LogP contribution in [-0.4, -0.2) is 12.5 Å². The quantitative estimate of drug-likeness (QED) is 0.612. The van der Waals surface area contributed by atoms with Gasteiger partial charge in [-0.15, -0.1) is 0 Å². The third-order valence-corrected chi connectivity index (χ3v) is 3.40. The number of carbonyl (C=O) groups excluding carboxylic acids is 1. The van der Waals surface area contributed by atoms with Crippen molar-refractivity contribution in [3.63, 3.8) is 0 Å². The Balaban J connectivity index is 2.02. The van der Waals surface area contributed by atoms with Crippen molar-refractivity contribution < 1.29 is 22.7 Å². The van der Waals surface area contributed by atoms with Crippen LogP contribution in [0.4, 0.5) is 24.5 Å². The molecule has 0 aliphatic heterocycles. The molecule has 0 saturated carbocycles. The van der Waals surface area contributed by atoms with Gasteiger partial charge in [0.15, 0.2) is 5.69 Å². The van der Waals surface area contributed by atoms with Crippen molar-refractivity contribution in [2.75, 3.05) is 11.9 Å². The second-order valence-electron chi connectivity index (χ2n) is 5.32. The summed E-state index contributed by atoms with van der Waals surface area (Å²) in [6, 6.07) is 11.0. The minimum atomic E-state index is -4.71. The monoisotopic (exact) mass is 371 g/mol. The molecule has 8 heteroatoms. The predicted molar refractivity (Wildman–Crippen MR) is 92.1 cm³/mol. The standard InChI is InChI=1S/C19H12F3N3O2/c1-12(11-27-15-6-3-13(10-23)4-7-15)18(26)25-14-5-8-17(24-2)16(9-14)19(20,21)22/h3-9H,1,11H2,(H,25,26). The molecule has 2 aromatic rings. The SMILES string of the molecule is [C-]#[N+]c1ccc(NC(=O)C(=C)COc2ccc(C#N)cc2)cc1C(F)(F)F. The molecule has 0 heterocycles. The van der Waals surface area contributed by atoms with Gasteiger partial charge in [0.1, 0.15) is 12.4 Å². The normalized spacial score (nSPS) is 10.4. The van der Waals surface area contributed by atoms with Crippen LogP contribution in [0, 0.1) is 17.9 Å². The summed E-state index contributed by atoms with van der Waals surface area (Å²) in [6.45, 7) is 10.2. The molecule has 2 aromatic carbocycles. The summed E-state index contributed by atoms with van der Waals surface area (Å²) < 4.78 is 44.2. The van der Waals surface area contributed by atoms with Crippen molar-refractivity contribution >= 4 is 17.3 Å². The molecule has 0 aliphatic carbocycles. The molecule has 0 aliphatic rings. The third-order valence-electron chi connectivity index (χ3n) is 3.40. The molecular formula is C19H12F3N3O2. The molecule has 0 unspecified atom stereocenters. The summed E-state index contributed by atoms with van der Waals surface area (Å²) in [7, 11) is 0. The van der Waals surface area contributed by atoms with Crippen molar-refractivity contribution in [2.24, 2.45) is 0 Å². The molecule has 0 saturated heterocycles.